The van der Waals surface area contributed by atoms with Crippen molar-refractivity contribution in [3.05, 3.63) is 47.6 Å². The summed E-state index contributed by atoms with van der Waals surface area (Å²) in [6.45, 7) is 12.8. The highest BCUT2D eigenvalue weighted by Crippen LogP contribution is 2.40. The Morgan fingerprint density at radius 1 is 0.884 bits per heavy atom. The summed E-state index contributed by atoms with van der Waals surface area (Å²) in [5.74, 6) is -7.73. The fourth-order valence-corrected chi connectivity index (χ4v) is 11.0. The summed E-state index contributed by atoms with van der Waals surface area (Å²) in [5.41, 5.74) is 1.28. The zero-order chi connectivity index (χ0) is 50.6. The van der Waals surface area contributed by atoms with E-state index in [1.165, 1.54) is 12.0 Å². The number of carbonyl (C=O) groups excluding carboxylic acids is 5. The number of aliphatic hydroxyl groups excluding tert-OH is 1. The lowest BCUT2D eigenvalue weighted by Gasteiger charge is -2.42. The van der Waals surface area contributed by atoms with Crippen LogP contribution in [0.3, 0.4) is 0 Å². The van der Waals surface area contributed by atoms with E-state index >= 15 is 0 Å². The Morgan fingerprint density at radius 3 is 2.32 bits per heavy atom. The first-order valence-electron chi connectivity index (χ1n) is 25.2. The summed E-state index contributed by atoms with van der Waals surface area (Å²) in [7, 11) is 4.65. The number of ketones is 3. The Morgan fingerprint density at radius 2 is 1.64 bits per heavy atom. The maximum atomic E-state index is 14.5. The number of cyclic esters (lactones) is 1. The molecule has 1 amide bonds. The molecule has 69 heavy (non-hydrogen) atoms. The van der Waals surface area contributed by atoms with Gasteiger partial charge in [0, 0.05) is 64.4 Å². The summed E-state index contributed by atoms with van der Waals surface area (Å²) < 4.78 is 29.9. The molecule has 3 fully saturated rings. The van der Waals surface area contributed by atoms with Crippen LogP contribution in [-0.4, -0.2) is 133 Å². The largest absolute Gasteiger partial charge is 0.460 e. The summed E-state index contributed by atoms with van der Waals surface area (Å²) in [6.07, 6.45) is 14.4. The molecule has 1 saturated carbocycles. The first kappa shape index (κ1) is 55.9. The van der Waals surface area contributed by atoms with Crippen molar-refractivity contribution in [1.29, 1.82) is 0 Å². The first-order valence-corrected chi connectivity index (χ1v) is 25.2. The molecule has 0 radical (unpaired) electrons. The standard InChI is InChI=1S/C53H80N4O12/c1-31-16-12-11-13-17-32(2)44(65-8)28-39-21-19-37(7)53(64,69-39)50(61)51(62)57-23-15-14-18-42(57)52(63)68-45(34(4)26-38-20-22-40(46(27-38)66-9)41-30-54-56-55-41)29-43(58)33(3)25-36(6)48(60)49(67-10)47(59)35(5)24-31/h11-13,16-17,25,30-31,33-35,37-42,44-46,48-49,60,64H,14-15,18-24,26-29H2,1-10H3/b13-11?,16-12+,32-17?,36-25+/t31-,33-,34-,35-,37-,38+,39+,40-,41?,42+,44+,45+,46-,48-,49+,53-/m1/s1. The van der Waals surface area contributed by atoms with E-state index in [-0.39, 0.29) is 66.8 Å². The van der Waals surface area contributed by atoms with Gasteiger partial charge in [-0.1, -0.05) is 71.1 Å². The molecule has 384 valence electrons. The topological polar surface area (TPSA) is 212 Å². The summed E-state index contributed by atoms with van der Waals surface area (Å²) in [6, 6.07) is -1.29. The van der Waals surface area contributed by atoms with Gasteiger partial charge in [-0.05, 0) is 112 Å². The normalized spacial score (nSPS) is 39.3. The summed E-state index contributed by atoms with van der Waals surface area (Å²) in [5, 5.41) is 35.5. The molecule has 2 N–H and O–H groups in total. The average Bonchev–Trinajstić information content (AvgIpc) is 3.88. The second-order valence-corrected chi connectivity index (χ2v) is 20.6. The van der Waals surface area contributed by atoms with Gasteiger partial charge in [0.15, 0.2) is 5.78 Å². The second-order valence-electron chi connectivity index (χ2n) is 20.6. The highest BCUT2D eigenvalue weighted by Gasteiger charge is 2.53. The Balaban J connectivity index is 1.46. The number of Topliss-reactive ketones (excluding diaryl/α,β-unsaturated/α-hetero) is 3. The highest BCUT2D eigenvalue weighted by atomic mass is 16.6. The number of hydrogen-bond donors (Lipinski definition) is 2. The second kappa shape index (κ2) is 25.9. The van der Waals surface area contributed by atoms with Crippen molar-refractivity contribution >= 4 is 35.4 Å². The Bertz CT molecular complexity index is 1970. The maximum Gasteiger partial charge on any atom is 0.329 e. The molecular weight excluding hydrogens is 885 g/mol. The number of piperidine rings is 1. The minimum Gasteiger partial charge on any atom is -0.460 e. The Kier molecular flexibility index (Phi) is 20.9. The number of hydrogen-bond acceptors (Lipinski definition) is 15. The van der Waals surface area contributed by atoms with E-state index in [0.717, 1.165) is 24.8 Å². The predicted octanol–water partition coefficient (Wildman–Crippen LogP) is 7.26. The van der Waals surface area contributed by atoms with Gasteiger partial charge in [0.1, 0.15) is 36.2 Å². The molecule has 5 aliphatic rings. The number of aliphatic hydroxyl groups is 2. The van der Waals surface area contributed by atoms with Crippen LogP contribution in [0.1, 0.15) is 126 Å². The van der Waals surface area contributed by atoms with Crippen molar-refractivity contribution in [1.82, 2.24) is 4.90 Å². The third-order valence-electron chi connectivity index (χ3n) is 15.5. The molecule has 16 nitrogen and oxygen atoms in total. The van der Waals surface area contributed by atoms with E-state index in [1.54, 1.807) is 47.3 Å². The molecule has 2 saturated heterocycles. The number of nitrogens with zero attached hydrogens (tertiary/aromatic N) is 4. The number of rotatable bonds is 7. The molecule has 1 aliphatic carbocycles. The molecule has 0 aromatic carbocycles. The molecule has 16 heteroatoms. The van der Waals surface area contributed by atoms with E-state index in [9.17, 15) is 34.2 Å². The summed E-state index contributed by atoms with van der Waals surface area (Å²) in [4.78, 5) is 72.3. The van der Waals surface area contributed by atoms with Crippen LogP contribution in [0.4, 0.5) is 0 Å². The summed E-state index contributed by atoms with van der Waals surface area (Å²) >= 11 is 0. The molecule has 0 aromatic heterocycles. The SMILES string of the molecule is CO[C@H]1C[C@@H]2CC[C@@H](C)[C@@](O)(O2)C(=O)C(=O)N2CCCC[C@H]2C(=O)O[C@H]([C@H](C)C[C@@H]2CC[C@H](C3C=NN=N3)[C@H](OC)C2)CC(=O)[C@H](C)/C=C(\C)[C@@H](O)[C@@H](OC)C(=O)[C@H](C)C[C@H](C)/C=C/C=CC=C1C. The van der Waals surface area contributed by atoms with Gasteiger partial charge in [0.05, 0.1) is 24.5 Å². The van der Waals surface area contributed by atoms with E-state index in [4.69, 9.17) is 23.7 Å². The lowest BCUT2D eigenvalue weighted by Crippen LogP contribution is -2.61. The molecule has 1 unspecified atom stereocenters. The number of carbonyl (C=O) groups is 5. The van der Waals surface area contributed by atoms with Gasteiger partial charge < -0.3 is 38.8 Å². The van der Waals surface area contributed by atoms with E-state index in [0.29, 0.717) is 50.5 Å². The molecule has 4 heterocycles. The zero-order valence-corrected chi connectivity index (χ0v) is 42.7. The fourth-order valence-electron chi connectivity index (χ4n) is 11.0. The number of ether oxygens (including phenoxy) is 5. The van der Waals surface area contributed by atoms with Gasteiger partial charge in [0.25, 0.3) is 11.7 Å². The van der Waals surface area contributed by atoms with Gasteiger partial charge in [-0.2, -0.15) is 5.11 Å². The molecule has 2 bridgehead atoms. The van der Waals surface area contributed by atoms with Crippen LogP contribution < -0.4 is 0 Å². The van der Waals surface area contributed by atoms with Crippen LogP contribution in [0.2, 0.25) is 0 Å². The van der Waals surface area contributed by atoms with Gasteiger partial charge in [0.2, 0.25) is 5.79 Å². The minimum atomic E-state index is -2.43. The minimum absolute atomic E-state index is 0.0188. The maximum absolute atomic E-state index is 14.5. The molecule has 4 aliphatic heterocycles. The van der Waals surface area contributed by atoms with Crippen LogP contribution in [0.25, 0.3) is 0 Å². The number of fused-ring (bicyclic) bond motifs is 3. The number of amides is 1. The average molecular weight is 965 g/mol. The van der Waals surface area contributed by atoms with Crippen molar-refractivity contribution in [2.75, 3.05) is 27.9 Å². The van der Waals surface area contributed by atoms with Crippen molar-refractivity contribution in [3.63, 3.8) is 0 Å². The van der Waals surface area contributed by atoms with Crippen LogP contribution >= 0.6 is 0 Å². The third-order valence-corrected chi connectivity index (χ3v) is 15.5. The van der Waals surface area contributed by atoms with Gasteiger partial charge in [-0.15, -0.1) is 5.10 Å². The lowest BCUT2D eigenvalue weighted by atomic mass is 9.73. The van der Waals surface area contributed by atoms with E-state index in [1.807, 2.05) is 58.1 Å². The van der Waals surface area contributed by atoms with Gasteiger partial charge in [-0.25, -0.2) is 4.79 Å². The third kappa shape index (κ3) is 14.3. The van der Waals surface area contributed by atoms with Crippen molar-refractivity contribution in [2.45, 2.75) is 180 Å². The quantitative estimate of drug-likeness (QED) is 0.147. The molecule has 0 aromatic rings. The van der Waals surface area contributed by atoms with Crippen molar-refractivity contribution in [2.24, 2.45) is 56.9 Å². The van der Waals surface area contributed by atoms with Crippen molar-refractivity contribution in [3.8, 4) is 0 Å². The predicted molar refractivity (Wildman–Crippen MR) is 260 cm³/mol. The molecular formula is C53H80N4O12. The monoisotopic (exact) mass is 965 g/mol. The van der Waals surface area contributed by atoms with Crippen LogP contribution in [0.15, 0.2) is 63.0 Å². The molecule has 0 spiro atoms. The number of esters is 1. The smallest absolute Gasteiger partial charge is 0.329 e. The fraction of sp³-hybridized carbons (Fsp3) is 0.736. The van der Waals surface area contributed by atoms with Crippen LogP contribution in [0.5, 0.6) is 0 Å². The number of allylic oxidation sites excluding steroid dienone is 6. The molecule has 16 atom stereocenters. The highest BCUT2D eigenvalue weighted by molar-refractivity contribution is 6.39. The van der Waals surface area contributed by atoms with E-state index < -0.39 is 77.8 Å². The van der Waals surface area contributed by atoms with Crippen LogP contribution in [-0.2, 0) is 47.7 Å². The zero-order valence-electron chi connectivity index (χ0n) is 42.7. The van der Waals surface area contributed by atoms with Gasteiger partial charge in [-0.3, -0.25) is 19.2 Å². The number of methoxy groups -OCH3 is 3. The van der Waals surface area contributed by atoms with E-state index in [2.05, 4.69) is 15.4 Å². The van der Waals surface area contributed by atoms with Crippen LogP contribution in [0, 0.1) is 41.4 Å². The van der Waals surface area contributed by atoms with Crippen molar-refractivity contribution < 1.29 is 57.9 Å². The molecule has 5 rings (SSSR count). The lowest BCUT2D eigenvalue weighted by molar-refractivity contribution is -0.265. The Labute approximate surface area is 409 Å². The first-order chi connectivity index (χ1) is 32.8. The van der Waals surface area contributed by atoms with Gasteiger partial charge >= 0.3 is 5.97 Å². The Hall–Kier alpha value is -4.06.